The number of aliphatic hydroxyl groups excluding tert-OH is 6. The maximum atomic E-state index is 16.3. The number of nitrogens with one attached hydrogen (secondary N) is 7. The normalized spacial score (nSPS) is 27.1. The SMILES string of the molecule is CCCCCCSC1=C(SCCCCCC)C(=O)N([C@H]2C(=O)N[C@@H]3Cc4ccc(c(Cl)c4)Oc4cc5cc(c4O)Oc4ccc(cc4Cl)[C@@H](O[C@@H]4O[C@H](CO)[C@@H](O)[C@H](O)[C@H]4NC(C)=O)[C@H]4NC(=O)[C@H](NC(O)[C@@H]5NC(=O)[C@@H](NC3=O)C3=CC(CC(O)=C3)OC3=CC2CC=C3O)c2ccc(O)c(c2)-c2c(O)cc(O)cc2[C@H](C(=O)O)NC4=O)C1=O. The van der Waals surface area contributed by atoms with Gasteiger partial charge in [-0.1, -0.05) is 93.8 Å². The highest BCUT2D eigenvalue weighted by molar-refractivity contribution is 8.08. The quantitative estimate of drug-likeness (QED) is 0.0303. The standard InChI is InChI=1S/C82H88Cl2N8O25S2/c1-4-6-8-10-20-118-71-72(119-21-11-9-7-5-2)80(110)92(79(71)109)66-38-14-17-51(98)55(28-38)113-44-25-40(24-42(95)31-44)61-75(105)89-62-41-29-56(114-53-18-12-36(22-47(53)83)23-49(73(103)87-61)86-78(66)108)67(100)57(30-41)115-54-19-15-39(27-48(54)84)70(117-82-64(85-35(3)94)69(102)68(101)58(34-93)116-82)65-77(107)90-63(81(111)112)46-32-43(96)33-52(99)59(46)45-26-37(13-16-50(45)97)60(74(104)91-65)88-76(62)106/h12-13,15-19,22,24-30,32-33,38,44,49,58,60-66,68-70,76,82,88,93,95-102,106H,4-11,14,20-21,23,31,34H2,1-3H3,(H,85,94)(H,86,108)(H,87,103)(H,89,105)(H,90,107)(H,91,104)(H,111,112)/t38?,44?,49-,58-,60-,61+,62-,63-,64-,65-,66-,68-,69-,70-,76?,82+/m1/s1. The number of unbranched alkanes of at least 4 members (excludes halogenated alkanes) is 6. The number of aromatic hydroxyl groups is 4. The molecule has 0 spiro atoms. The van der Waals surface area contributed by atoms with Crippen LogP contribution in [0.2, 0.25) is 10.0 Å². The van der Waals surface area contributed by atoms with Gasteiger partial charge >= 0.3 is 5.97 Å². The first kappa shape index (κ1) is 86.3. The Morgan fingerprint density at radius 1 is 0.647 bits per heavy atom. The molecule has 119 heavy (non-hydrogen) atoms. The number of ether oxygens (including phenoxy) is 5. The number of hydrogen-bond donors (Lipinski definition) is 18. The molecule has 8 heterocycles. The van der Waals surface area contributed by atoms with Gasteiger partial charge in [0, 0.05) is 48.4 Å². The predicted octanol–water partition coefficient (Wildman–Crippen LogP) is 7.25. The minimum absolute atomic E-state index is 0.137. The van der Waals surface area contributed by atoms with Crippen LogP contribution in [0.3, 0.4) is 0 Å². The van der Waals surface area contributed by atoms with Crippen molar-refractivity contribution in [3.8, 4) is 57.1 Å². The summed E-state index contributed by atoms with van der Waals surface area (Å²) >= 11 is 16.7. The lowest BCUT2D eigenvalue weighted by Crippen LogP contribution is -2.65. The molecule has 15 rings (SSSR count). The third-order valence-corrected chi connectivity index (χ3v) is 24.4. The summed E-state index contributed by atoms with van der Waals surface area (Å²) in [4.78, 5) is 138. The minimum atomic E-state index is -2.49. The minimum Gasteiger partial charge on any atom is -0.512 e. The van der Waals surface area contributed by atoms with Gasteiger partial charge in [-0.25, -0.2) is 4.79 Å². The van der Waals surface area contributed by atoms with Crippen molar-refractivity contribution < 1.29 is 123 Å². The molecule has 1 saturated heterocycles. The molecule has 8 aliphatic heterocycles. The van der Waals surface area contributed by atoms with Crippen molar-refractivity contribution in [2.45, 2.75) is 183 Å². The average Bonchev–Trinajstić information content (AvgIpc) is 1.72. The zero-order valence-corrected chi connectivity index (χ0v) is 67.3. The molecule has 3 unspecified atom stereocenters. The fourth-order valence-corrected chi connectivity index (χ4v) is 18.3. The fraction of sp³-hybridized carbons (Fsp3) is 0.402. The molecule has 8 amide bonds. The molecule has 5 aromatic rings. The number of aliphatic carboxylic acids is 1. The summed E-state index contributed by atoms with van der Waals surface area (Å²) in [5.41, 5.74) is -2.55. The Balaban J connectivity index is 0.983. The van der Waals surface area contributed by atoms with E-state index in [4.69, 9.17) is 46.9 Å². The molecule has 0 radical (unpaired) electrons. The number of rotatable bonds is 18. The Kier molecular flexibility index (Phi) is 26.8. The summed E-state index contributed by atoms with van der Waals surface area (Å²) in [6.45, 7) is 4.14. The van der Waals surface area contributed by atoms with Gasteiger partial charge in [0.1, 0.15) is 102 Å². The Hall–Kier alpha value is -10.6. The van der Waals surface area contributed by atoms with Crippen molar-refractivity contribution in [3.05, 3.63) is 174 Å². The van der Waals surface area contributed by atoms with E-state index in [9.17, 15) is 65.8 Å². The summed E-state index contributed by atoms with van der Waals surface area (Å²) in [6, 6.07) is -1.94. The summed E-state index contributed by atoms with van der Waals surface area (Å²) in [5, 5.41) is 146. The highest BCUT2D eigenvalue weighted by Crippen LogP contribution is 2.50. The van der Waals surface area contributed by atoms with Crippen molar-refractivity contribution in [1.82, 2.24) is 42.1 Å². The Morgan fingerprint density at radius 3 is 1.93 bits per heavy atom. The molecule has 16 atom stereocenters. The Morgan fingerprint density at radius 2 is 1.29 bits per heavy atom. The number of carboxylic acid groups (broad SMARTS) is 1. The molecule has 10 aliphatic rings. The number of phenolic OH excluding ortho intramolecular Hbond substituents is 4. The number of thioether (sulfide) groups is 2. The van der Waals surface area contributed by atoms with Gasteiger partial charge in [0.25, 0.3) is 11.8 Å². The number of carboxylic acids is 1. The van der Waals surface area contributed by atoms with Crippen molar-refractivity contribution in [3.63, 3.8) is 0 Å². The number of allylic oxidation sites excluding steroid dienone is 1. The van der Waals surface area contributed by atoms with E-state index in [0.717, 1.165) is 111 Å². The molecule has 17 bridgehead atoms. The van der Waals surface area contributed by atoms with E-state index < -0.39 is 231 Å². The zero-order chi connectivity index (χ0) is 85.1. The second-order valence-corrected chi connectivity index (χ2v) is 32.8. The number of amides is 8. The third kappa shape index (κ3) is 18.6. The van der Waals surface area contributed by atoms with Crippen molar-refractivity contribution in [1.29, 1.82) is 0 Å². The van der Waals surface area contributed by atoms with E-state index in [1.54, 1.807) is 0 Å². The van der Waals surface area contributed by atoms with E-state index in [0.29, 0.717) is 24.3 Å². The lowest BCUT2D eigenvalue weighted by molar-refractivity contribution is -0.284. The number of carbonyl (C=O) groups is 9. The largest absolute Gasteiger partial charge is 0.512 e. The number of carbonyl (C=O) groups excluding carboxylic acids is 8. The van der Waals surface area contributed by atoms with Crippen LogP contribution in [0.4, 0.5) is 0 Å². The molecule has 0 aromatic heterocycles. The van der Waals surface area contributed by atoms with E-state index in [2.05, 4.69) is 51.1 Å². The highest BCUT2D eigenvalue weighted by Gasteiger charge is 2.52. The van der Waals surface area contributed by atoms with Gasteiger partial charge in [-0.15, -0.1) is 23.5 Å². The van der Waals surface area contributed by atoms with Crippen LogP contribution in [0.15, 0.2) is 136 Å². The molecule has 37 heteroatoms. The number of phenols is 4. The van der Waals surface area contributed by atoms with Gasteiger partial charge in [-0.3, -0.25) is 48.6 Å². The molecule has 18 N–H and O–H groups in total. The predicted molar refractivity (Wildman–Crippen MR) is 429 cm³/mol. The van der Waals surface area contributed by atoms with E-state index in [1.165, 1.54) is 66.0 Å². The molecule has 5 aromatic carbocycles. The first-order valence-corrected chi connectivity index (χ1v) is 41.4. The van der Waals surface area contributed by atoms with Crippen molar-refractivity contribution in [2.24, 2.45) is 5.92 Å². The van der Waals surface area contributed by atoms with Gasteiger partial charge in [0.2, 0.25) is 41.2 Å². The maximum absolute atomic E-state index is 16.3. The first-order chi connectivity index (χ1) is 56.9. The van der Waals surface area contributed by atoms with Crippen LogP contribution in [0.25, 0.3) is 11.1 Å². The summed E-state index contributed by atoms with van der Waals surface area (Å²) in [6.07, 6.45) is -2.71. The number of imide groups is 1. The Bertz CT molecular complexity index is 5010. The molecule has 33 nitrogen and oxygen atoms in total. The Labute approximate surface area is 698 Å². The lowest BCUT2D eigenvalue weighted by Gasteiger charge is -2.44. The number of fused-ring (bicyclic) bond motifs is 12. The number of nitrogens with zero attached hydrogens (tertiary/aromatic N) is 1. The van der Waals surface area contributed by atoms with Gasteiger partial charge in [0.15, 0.2) is 35.3 Å². The summed E-state index contributed by atoms with van der Waals surface area (Å²) < 4.78 is 32.0. The summed E-state index contributed by atoms with van der Waals surface area (Å²) in [5.74, 6) is -17.0. The zero-order valence-electron chi connectivity index (χ0n) is 64.1. The van der Waals surface area contributed by atoms with Crippen LogP contribution in [-0.2, 0) is 63.8 Å². The lowest BCUT2D eigenvalue weighted by atomic mass is 9.88. The first-order valence-electron chi connectivity index (χ1n) is 38.6. The fourth-order valence-electron chi connectivity index (χ4n) is 15.4. The number of aliphatic hydroxyl groups is 6. The van der Waals surface area contributed by atoms with Crippen LogP contribution in [0.5, 0.6) is 46.0 Å². The topological polar surface area (TPSA) is 510 Å². The van der Waals surface area contributed by atoms with Crippen LogP contribution in [0, 0.1) is 5.92 Å². The molecule has 632 valence electrons. The van der Waals surface area contributed by atoms with Gasteiger partial charge in [-0.05, 0) is 137 Å². The second-order valence-electron chi connectivity index (χ2n) is 29.8. The maximum Gasteiger partial charge on any atom is 0.330 e. The molecular weight excluding hydrogens is 1630 g/mol. The molecule has 0 saturated carbocycles. The average molecular weight is 1720 g/mol. The second kappa shape index (κ2) is 37.0. The molecule has 1 fully saturated rings. The monoisotopic (exact) mass is 1720 g/mol. The van der Waals surface area contributed by atoms with Gasteiger partial charge in [0.05, 0.1) is 38.3 Å². The third-order valence-electron chi connectivity index (χ3n) is 21.4. The number of halogens is 2. The van der Waals surface area contributed by atoms with Crippen LogP contribution in [0.1, 0.15) is 137 Å². The van der Waals surface area contributed by atoms with Crippen molar-refractivity contribution >= 4 is 100.0 Å². The van der Waals surface area contributed by atoms with Crippen LogP contribution in [-0.4, -0.2) is 200 Å². The number of hydrogen-bond acceptors (Lipinski definition) is 27. The highest BCUT2D eigenvalue weighted by atomic mass is 35.5. The van der Waals surface area contributed by atoms with Crippen molar-refractivity contribution in [2.75, 3.05) is 18.1 Å². The molecular formula is C82H88Cl2N8O25S2. The smallest absolute Gasteiger partial charge is 0.330 e. The summed E-state index contributed by atoms with van der Waals surface area (Å²) in [7, 11) is 0. The van der Waals surface area contributed by atoms with E-state index in [-0.39, 0.29) is 72.8 Å². The number of benzene rings is 5. The van der Waals surface area contributed by atoms with E-state index >= 15 is 33.6 Å². The van der Waals surface area contributed by atoms with Crippen LogP contribution < -0.4 is 46.7 Å². The van der Waals surface area contributed by atoms with E-state index in [1.807, 2.05) is 0 Å². The molecule has 2 aliphatic carbocycles. The van der Waals surface area contributed by atoms with Gasteiger partial charge < -0.3 is 112 Å². The van der Waals surface area contributed by atoms with Crippen LogP contribution >= 0.6 is 46.7 Å². The van der Waals surface area contributed by atoms with Gasteiger partial charge in [-0.2, -0.15) is 0 Å².